The molecule has 0 atom stereocenters. The second-order valence-corrected chi connectivity index (χ2v) is 5.79. The van der Waals surface area contributed by atoms with Crippen LogP contribution < -0.4 is 4.74 Å². The number of aliphatic imine (C=N–C) groups is 1. The van der Waals surface area contributed by atoms with Crippen LogP contribution in [0.4, 0.5) is 5.13 Å². The Labute approximate surface area is 121 Å². The van der Waals surface area contributed by atoms with E-state index in [0.717, 1.165) is 18.0 Å². The van der Waals surface area contributed by atoms with Crippen molar-refractivity contribution >= 4 is 22.7 Å². The molecule has 1 aliphatic rings. The van der Waals surface area contributed by atoms with Crippen molar-refractivity contribution in [3.05, 3.63) is 34.3 Å². The highest BCUT2D eigenvalue weighted by molar-refractivity contribution is 7.15. The molecule has 5 heteroatoms. The number of aromatic hydroxyl groups is 1. The van der Waals surface area contributed by atoms with Gasteiger partial charge in [-0.3, -0.25) is 0 Å². The minimum absolute atomic E-state index is 0.111. The van der Waals surface area contributed by atoms with Crippen LogP contribution in [0.1, 0.15) is 29.0 Å². The lowest BCUT2D eigenvalue weighted by Crippen LogP contribution is -1.98. The van der Waals surface area contributed by atoms with Crippen LogP contribution in [-0.4, -0.2) is 23.4 Å². The van der Waals surface area contributed by atoms with Gasteiger partial charge in [-0.2, -0.15) is 0 Å². The fourth-order valence-corrected chi connectivity index (χ4v) is 3.32. The summed E-state index contributed by atoms with van der Waals surface area (Å²) < 4.78 is 5.08. The van der Waals surface area contributed by atoms with E-state index in [1.807, 2.05) is 6.07 Å². The van der Waals surface area contributed by atoms with Gasteiger partial charge in [0, 0.05) is 16.7 Å². The van der Waals surface area contributed by atoms with E-state index in [4.69, 9.17) is 4.74 Å². The van der Waals surface area contributed by atoms with Crippen molar-refractivity contribution in [3.63, 3.8) is 0 Å². The van der Waals surface area contributed by atoms with Crippen LogP contribution >= 0.6 is 11.3 Å². The molecule has 0 spiro atoms. The van der Waals surface area contributed by atoms with Crippen LogP contribution in [0.2, 0.25) is 0 Å². The number of nitrogens with zero attached hydrogens (tertiary/aromatic N) is 2. The molecule has 0 saturated heterocycles. The van der Waals surface area contributed by atoms with Gasteiger partial charge < -0.3 is 9.84 Å². The van der Waals surface area contributed by atoms with Gasteiger partial charge in [-0.15, -0.1) is 0 Å². The first-order chi connectivity index (χ1) is 9.78. The number of rotatable bonds is 3. The Hall–Kier alpha value is -1.88. The summed E-state index contributed by atoms with van der Waals surface area (Å²) in [6, 6.07) is 5.34. The fourth-order valence-electron chi connectivity index (χ4n) is 2.33. The normalized spacial score (nSPS) is 14.4. The number of aryl methyl sites for hydroxylation is 2. The Morgan fingerprint density at radius 2 is 2.20 bits per heavy atom. The van der Waals surface area contributed by atoms with Crippen molar-refractivity contribution in [2.75, 3.05) is 7.11 Å². The molecule has 0 saturated carbocycles. The number of hydrogen-bond acceptors (Lipinski definition) is 5. The summed E-state index contributed by atoms with van der Waals surface area (Å²) in [6.45, 7) is 0. The summed E-state index contributed by atoms with van der Waals surface area (Å²) in [5.74, 6) is 0.562. The van der Waals surface area contributed by atoms with Gasteiger partial charge in [-0.25, -0.2) is 9.98 Å². The molecule has 0 radical (unpaired) electrons. The van der Waals surface area contributed by atoms with Crippen LogP contribution in [0.25, 0.3) is 0 Å². The molecule has 0 aliphatic heterocycles. The summed E-state index contributed by atoms with van der Waals surface area (Å²) in [6.07, 6.45) is 6.28. The predicted molar refractivity (Wildman–Crippen MR) is 80.7 cm³/mol. The van der Waals surface area contributed by atoms with Crippen LogP contribution in [0, 0.1) is 0 Å². The first-order valence-corrected chi connectivity index (χ1v) is 7.48. The van der Waals surface area contributed by atoms with Crippen molar-refractivity contribution in [2.24, 2.45) is 4.99 Å². The summed E-state index contributed by atoms with van der Waals surface area (Å²) in [5, 5.41) is 10.8. The van der Waals surface area contributed by atoms with E-state index in [1.165, 1.54) is 30.5 Å². The highest BCUT2D eigenvalue weighted by atomic mass is 32.1. The smallest absolute Gasteiger partial charge is 0.209 e. The molecule has 1 aromatic heterocycles. The van der Waals surface area contributed by atoms with Gasteiger partial charge in [0.2, 0.25) is 5.13 Å². The van der Waals surface area contributed by atoms with Gasteiger partial charge in [0.25, 0.3) is 0 Å². The van der Waals surface area contributed by atoms with Crippen molar-refractivity contribution in [2.45, 2.75) is 25.7 Å². The molecule has 0 bridgehead atoms. The van der Waals surface area contributed by atoms with Crippen molar-refractivity contribution < 1.29 is 9.84 Å². The molecule has 0 amide bonds. The quantitative estimate of drug-likeness (QED) is 0.880. The molecule has 4 nitrogen and oxygen atoms in total. The van der Waals surface area contributed by atoms with Gasteiger partial charge >= 0.3 is 0 Å². The van der Waals surface area contributed by atoms with Crippen LogP contribution in [0.15, 0.2) is 23.2 Å². The van der Waals surface area contributed by atoms with Gasteiger partial charge in [0.1, 0.15) is 0 Å². The standard InChI is InChI=1S/C15H16N2O2S/c1-19-12-7-4-5-10(14(12)18)9-16-15-17-11-6-2-3-8-13(11)20-15/h4-5,7,9,18H,2-3,6,8H2,1H3/b16-9+. The number of ether oxygens (including phenoxy) is 1. The Bertz CT molecular complexity index is 626. The first kappa shape index (κ1) is 13.1. The highest BCUT2D eigenvalue weighted by Crippen LogP contribution is 2.32. The second-order valence-electron chi connectivity index (χ2n) is 4.73. The van der Waals surface area contributed by atoms with Crippen molar-refractivity contribution in [1.29, 1.82) is 0 Å². The number of thiazole rings is 1. The Morgan fingerprint density at radius 1 is 1.35 bits per heavy atom. The first-order valence-electron chi connectivity index (χ1n) is 6.66. The number of phenols is 1. The summed E-state index contributed by atoms with van der Waals surface area (Å²) in [5.41, 5.74) is 1.83. The zero-order valence-corrected chi connectivity index (χ0v) is 12.1. The zero-order chi connectivity index (χ0) is 13.9. The van der Waals surface area contributed by atoms with E-state index >= 15 is 0 Å². The van der Waals surface area contributed by atoms with E-state index in [0.29, 0.717) is 11.3 Å². The summed E-state index contributed by atoms with van der Waals surface area (Å²) >= 11 is 1.65. The van der Waals surface area contributed by atoms with Crippen molar-refractivity contribution in [3.8, 4) is 11.5 Å². The molecule has 1 heterocycles. The molecule has 0 fully saturated rings. The Balaban J connectivity index is 1.85. The number of para-hydroxylation sites is 1. The largest absolute Gasteiger partial charge is 0.504 e. The average Bonchev–Trinajstić information content (AvgIpc) is 2.89. The molecule has 1 aromatic carbocycles. The van der Waals surface area contributed by atoms with Gasteiger partial charge in [-0.1, -0.05) is 17.4 Å². The maximum absolute atomic E-state index is 10.00. The van der Waals surface area contributed by atoms with E-state index in [-0.39, 0.29) is 5.75 Å². The predicted octanol–water partition coefficient (Wildman–Crippen LogP) is 3.49. The highest BCUT2D eigenvalue weighted by Gasteiger charge is 2.14. The van der Waals surface area contributed by atoms with E-state index < -0.39 is 0 Å². The molecule has 20 heavy (non-hydrogen) atoms. The SMILES string of the molecule is COc1cccc(/C=N/c2nc3c(s2)CCCC3)c1O. The fraction of sp³-hybridized carbons (Fsp3) is 0.333. The Kier molecular flexibility index (Phi) is 3.69. The molecule has 2 aromatic rings. The number of hydrogen-bond donors (Lipinski definition) is 1. The lowest BCUT2D eigenvalue weighted by atomic mass is 10.0. The molecular weight excluding hydrogens is 272 g/mol. The summed E-state index contributed by atoms with van der Waals surface area (Å²) in [7, 11) is 1.53. The minimum Gasteiger partial charge on any atom is -0.504 e. The molecule has 1 N–H and O–H groups in total. The van der Waals surface area contributed by atoms with Gasteiger partial charge in [0.05, 0.1) is 12.8 Å². The third kappa shape index (κ3) is 2.54. The topological polar surface area (TPSA) is 54.7 Å². The summed E-state index contributed by atoms with van der Waals surface area (Å²) in [4.78, 5) is 10.3. The lowest BCUT2D eigenvalue weighted by molar-refractivity contribution is 0.373. The second kappa shape index (κ2) is 5.63. The molecule has 3 rings (SSSR count). The average molecular weight is 288 g/mol. The van der Waals surface area contributed by atoms with E-state index in [2.05, 4.69) is 9.98 Å². The Morgan fingerprint density at radius 3 is 3.00 bits per heavy atom. The third-order valence-corrected chi connectivity index (χ3v) is 4.46. The van der Waals surface area contributed by atoms with Crippen molar-refractivity contribution in [1.82, 2.24) is 4.98 Å². The number of phenolic OH excluding ortho intramolecular Hbond substituents is 1. The molecule has 104 valence electrons. The van der Waals surface area contributed by atoms with Crippen LogP contribution in [-0.2, 0) is 12.8 Å². The maximum atomic E-state index is 10.00. The van der Waals surface area contributed by atoms with Gasteiger partial charge in [-0.05, 0) is 37.8 Å². The van der Waals surface area contributed by atoms with E-state index in [1.54, 1.807) is 29.7 Å². The molecular formula is C15H16N2O2S. The maximum Gasteiger partial charge on any atom is 0.209 e. The van der Waals surface area contributed by atoms with Crippen LogP contribution in [0.5, 0.6) is 11.5 Å². The number of benzene rings is 1. The molecule has 1 aliphatic carbocycles. The number of methoxy groups -OCH3 is 1. The number of fused-ring (bicyclic) bond motifs is 1. The third-order valence-electron chi connectivity index (χ3n) is 3.40. The lowest BCUT2D eigenvalue weighted by Gasteiger charge is -2.06. The van der Waals surface area contributed by atoms with Crippen LogP contribution in [0.3, 0.4) is 0 Å². The zero-order valence-electron chi connectivity index (χ0n) is 11.3. The number of aromatic nitrogens is 1. The minimum atomic E-state index is 0.111. The van der Waals surface area contributed by atoms with Gasteiger partial charge in [0.15, 0.2) is 11.5 Å². The molecule has 0 unspecified atom stereocenters. The monoisotopic (exact) mass is 288 g/mol. The van der Waals surface area contributed by atoms with E-state index in [9.17, 15) is 5.11 Å².